The van der Waals surface area contributed by atoms with Gasteiger partial charge in [0.1, 0.15) is 17.4 Å². The van der Waals surface area contributed by atoms with E-state index >= 15 is 0 Å². The molecule has 0 saturated heterocycles. The van der Waals surface area contributed by atoms with Crippen molar-refractivity contribution in [2.45, 2.75) is 57.7 Å². The van der Waals surface area contributed by atoms with Gasteiger partial charge in [0.2, 0.25) is 5.76 Å². The summed E-state index contributed by atoms with van der Waals surface area (Å²) in [7, 11) is 0. The summed E-state index contributed by atoms with van der Waals surface area (Å²) in [6.07, 6.45) is 2.58. The van der Waals surface area contributed by atoms with Gasteiger partial charge in [-0.1, -0.05) is 0 Å². The van der Waals surface area contributed by atoms with Gasteiger partial charge in [0, 0.05) is 6.54 Å². The fourth-order valence-corrected chi connectivity index (χ4v) is 2.43. The lowest BCUT2D eigenvalue weighted by Gasteiger charge is -2.42. The van der Waals surface area contributed by atoms with Crippen LogP contribution in [0.2, 0.25) is 0 Å². The lowest BCUT2D eigenvalue weighted by molar-refractivity contribution is 0.0382. The van der Waals surface area contributed by atoms with E-state index in [1.807, 2.05) is 26.8 Å². The fraction of sp³-hybridized carbons (Fsp3) is 0.625. The molecule has 6 nitrogen and oxygen atoms in total. The maximum atomic E-state index is 11.9. The third-order valence-corrected chi connectivity index (χ3v) is 3.61. The van der Waals surface area contributed by atoms with Crippen LogP contribution in [0.15, 0.2) is 16.5 Å². The Morgan fingerprint density at radius 2 is 2.18 bits per heavy atom. The van der Waals surface area contributed by atoms with Crippen molar-refractivity contribution in [3.63, 3.8) is 0 Å². The quantitative estimate of drug-likeness (QED) is 0.873. The second kappa shape index (κ2) is 6.41. The number of ether oxygens (including phenoxy) is 1. The number of carbonyl (C=O) groups is 1. The van der Waals surface area contributed by atoms with Crippen LogP contribution in [0.1, 0.15) is 51.6 Å². The van der Waals surface area contributed by atoms with Gasteiger partial charge in [-0.05, 0) is 52.2 Å². The van der Waals surface area contributed by atoms with Crippen molar-refractivity contribution in [3.05, 3.63) is 23.7 Å². The Morgan fingerprint density at radius 3 is 2.68 bits per heavy atom. The molecule has 0 unspecified atom stereocenters. The summed E-state index contributed by atoms with van der Waals surface area (Å²) in [6, 6.07) is 5.38. The molecule has 0 aliphatic heterocycles. The molecule has 1 amide bonds. The summed E-state index contributed by atoms with van der Waals surface area (Å²) in [6.45, 7) is 6.72. The van der Waals surface area contributed by atoms with Crippen molar-refractivity contribution in [3.8, 4) is 6.07 Å². The molecule has 6 heteroatoms. The zero-order chi connectivity index (χ0) is 16.2. The predicted molar refractivity (Wildman–Crippen MR) is 81.1 cm³/mol. The second-order valence-electron chi connectivity index (χ2n) is 6.74. The van der Waals surface area contributed by atoms with E-state index in [0.29, 0.717) is 24.6 Å². The van der Waals surface area contributed by atoms with Crippen molar-refractivity contribution in [1.82, 2.24) is 10.6 Å². The number of nitriles is 1. The van der Waals surface area contributed by atoms with Crippen LogP contribution >= 0.6 is 0 Å². The Bertz CT molecular complexity index is 562. The van der Waals surface area contributed by atoms with Crippen LogP contribution in [0.5, 0.6) is 0 Å². The van der Waals surface area contributed by atoms with Gasteiger partial charge in [0.25, 0.3) is 0 Å². The van der Waals surface area contributed by atoms with E-state index < -0.39 is 5.60 Å². The molecule has 1 heterocycles. The van der Waals surface area contributed by atoms with Gasteiger partial charge in [-0.15, -0.1) is 0 Å². The molecule has 1 fully saturated rings. The molecular formula is C16H23N3O3. The largest absolute Gasteiger partial charge is 0.449 e. The molecule has 0 bridgehead atoms. The third-order valence-electron chi connectivity index (χ3n) is 3.61. The SMILES string of the molecule is CC(C)(C)OC(=O)NC1(CNCc2ccc(C#N)o2)CCC1. The topological polar surface area (TPSA) is 87.3 Å². The number of hydrogen-bond acceptors (Lipinski definition) is 5. The minimum absolute atomic E-state index is 0.243. The predicted octanol–water partition coefficient (Wildman–Crippen LogP) is 2.69. The van der Waals surface area contributed by atoms with Gasteiger partial charge in [-0.3, -0.25) is 0 Å². The van der Waals surface area contributed by atoms with Gasteiger partial charge in [-0.2, -0.15) is 5.26 Å². The molecule has 120 valence electrons. The Labute approximate surface area is 130 Å². The second-order valence-corrected chi connectivity index (χ2v) is 6.74. The number of nitrogens with one attached hydrogen (secondary N) is 2. The molecule has 1 saturated carbocycles. The average molecular weight is 305 g/mol. The van der Waals surface area contributed by atoms with Gasteiger partial charge in [0.05, 0.1) is 12.1 Å². The zero-order valence-electron chi connectivity index (χ0n) is 13.4. The standard InChI is InChI=1S/C16H23N3O3/c1-15(2,3)22-14(20)19-16(7-4-8-16)11-18-10-13-6-5-12(9-17)21-13/h5-6,18H,4,7-8,10-11H2,1-3H3,(H,19,20). The molecule has 2 rings (SSSR count). The molecule has 0 radical (unpaired) electrons. The maximum Gasteiger partial charge on any atom is 0.408 e. The van der Waals surface area contributed by atoms with Gasteiger partial charge in [-0.25, -0.2) is 4.79 Å². The molecule has 0 atom stereocenters. The van der Waals surface area contributed by atoms with Crippen molar-refractivity contribution >= 4 is 6.09 Å². The normalized spacial score (nSPS) is 16.5. The highest BCUT2D eigenvalue weighted by Gasteiger charge is 2.39. The highest BCUT2D eigenvalue weighted by molar-refractivity contribution is 5.69. The summed E-state index contributed by atoms with van der Waals surface area (Å²) in [5, 5.41) is 15.0. The molecule has 1 aliphatic carbocycles. The van der Waals surface area contributed by atoms with Crippen molar-refractivity contribution in [2.24, 2.45) is 0 Å². The van der Waals surface area contributed by atoms with Crippen LogP contribution < -0.4 is 10.6 Å². The number of hydrogen-bond donors (Lipinski definition) is 2. The summed E-state index contributed by atoms with van der Waals surface area (Å²) >= 11 is 0. The highest BCUT2D eigenvalue weighted by atomic mass is 16.6. The number of alkyl carbamates (subject to hydrolysis) is 1. The van der Waals surface area contributed by atoms with E-state index in [-0.39, 0.29) is 11.6 Å². The number of furan rings is 1. The zero-order valence-corrected chi connectivity index (χ0v) is 13.4. The lowest BCUT2D eigenvalue weighted by Crippen LogP contribution is -2.59. The first-order valence-electron chi connectivity index (χ1n) is 7.53. The van der Waals surface area contributed by atoms with Gasteiger partial charge in [0.15, 0.2) is 0 Å². The number of nitrogens with zero attached hydrogens (tertiary/aromatic N) is 1. The molecular weight excluding hydrogens is 282 g/mol. The molecule has 1 aliphatic rings. The number of carbonyl (C=O) groups excluding carboxylic acids is 1. The highest BCUT2D eigenvalue weighted by Crippen LogP contribution is 2.31. The first-order valence-corrected chi connectivity index (χ1v) is 7.53. The van der Waals surface area contributed by atoms with E-state index in [9.17, 15) is 4.79 Å². The van der Waals surface area contributed by atoms with Gasteiger partial charge < -0.3 is 19.8 Å². The third kappa shape index (κ3) is 4.50. The molecule has 2 N–H and O–H groups in total. The van der Waals surface area contributed by atoms with E-state index in [1.54, 1.807) is 12.1 Å². The Kier molecular flexibility index (Phi) is 4.77. The van der Waals surface area contributed by atoms with E-state index in [0.717, 1.165) is 19.3 Å². The fourth-order valence-electron chi connectivity index (χ4n) is 2.43. The smallest absolute Gasteiger partial charge is 0.408 e. The summed E-state index contributed by atoms with van der Waals surface area (Å²) < 4.78 is 10.6. The Morgan fingerprint density at radius 1 is 1.45 bits per heavy atom. The summed E-state index contributed by atoms with van der Waals surface area (Å²) in [5.41, 5.74) is -0.739. The minimum Gasteiger partial charge on any atom is -0.449 e. The van der Waals surface area contributed by atoms with Crippen LogP contribution in [0, 0.1) is 11.3 Å². The van der Waals surface area contributed by atoms with Crippen molar-refractivity contribution < 1.29 is 13.9 Å². The first-order chi connectivity index (χ1) is 10.3. The summed E-state index contributed by atoms with van der Waals surface area (Å²) in [5.74, 6) is 1.02. The van der Waals surface area contributed by atoms with Crippen LogP contribution in [-0.4, -0.2) is 23.8 Å². The maximum absolute atomic E-state index is 11.9. The minimum atomic E-state index is -0.496. The Hall–Kier alpha value is -2.00. The number of rotatable bonds is 5. The molecule has 0 aromatic carbocycles. The summed E-state index contributed by atoms with van der Waals surface area (Å²) in [4.78, 5) is 11.9. The van der Waals surface area contributed by atoms with Crippen molar-refractivity contribution in [1.29, 1.82) is 5.26 Å². The van der Waals surface area contributed by atoms with E-state index in [1.165, 1.54) is 0 Å². The molecule has 1 aromatic heterocycles. The van der Waals surface area contributed by atoms with Gasteiger partial charge >= 0.3 is 6.09 Å². The first kappa shape index (κ1) is 16.4. The van der Waals surface area contributed by atoms with Crippen LogP contribution in [0.4, 0.5) is 4.79 Å². The number of amides is 1. The Balaban J connectivity index is 1.81. The van der Waals surface area contributed by atoms with Crippen molar-refractivity contribution in [2.75, 3.05) is 6.54 Å². The van der Waals surface area contributed by atoms with Crippen LogP contribution in [0.25, 0.3) is 0 Å². The van der Waals surface area contributed by atoms with E-state index in [4.69, 9.17) is 14.4 Å². The monoisotopic (exact) mass is 305 g/mol. The van der Waals surface area contributed by atoms with Crippen LogP contribution in [0.3, 0.4) is 0 Å². The molecule has 1 aromatic rings. The lowest BCUT2D eigenvalue weighted by atomic mass is 9.76. The van der Waals surface area contributed by atoms with Crippen LogP contribution in [-0.2, 0) is 11.3 Å². The van der Waals surface area contributed by atoms with E-state index in [2.05, 4.69) is 10.6 Å². The average Bonchev–Trinajstić information content (AvgIpc) is 2.81. The molecule has 0 spiro atoms. The molecule has 22 heavy (non-hydrogen) atoms.